The molecule has 0 N–H and O–H groups in total. The first kappa shape index (κ1) is 15.4. The number of imidazole rings is 1. The molecule has 0 saturated carbocycles. The van der Waals surface area contributed by atoms with Crippen molar-refractivity contribution in [2.75, 3.05) is 0 Å². The zero-order valence-corrected chi connectivity index (χ0v) is 13.9. The molecule has 4 aromatic heterocycles. The monoisotopic (exact) mass is 333 g/mol. The van der Waals surface area contributed by atoms with Gasteiger partial charge in [-0.05, 0) is 44.2 Å². The van der Waals surface area contributed by atoms with Crippen LogP contribution in [0.1, 0.15) is 19.5 Å². The van der Waals surface area contributed by atoms with Gasteiger partial charge in [0.05, 0.1) is 34.7 Å². The maximum Gasteiger partial charge on any atom is 0.234 e. The Bertz CT molecular complexity index is 1030. The third kappa shape index (κ3) is 2.87. The summed E-state index contributed by atoms with van der Waals surface area (Å²) in [5.41, 5.74) is 1.98. The van der Waals surface area contributed by atoms with E-state index in [9.17, 15) is 4.39 Å². The molecule has 0 bridgehead atoms. The molecule has 6 heteroatoms. The fraction of sp³-hybridized carbons (Fsp3) is 0.158. The SMILES string of the molecule is CC(C)(F)c1ccn2c(-c3cccc(-c4ccccn4)n3)cnc2n1. The summed E-state index contributed by atoms with van der Waals surface area (Å²) in [6, 6.07) is 13.1. The molecule has 0 radical (unpaired) electrons. The van der Waals surface area contributed by atoms with Gasteiger partial charge < -0.3 is 0 Å². The van der Waals surface area contributed by atoms with E-state index in [1.807, 2.05) is 36.4 Å². The van der Waals surface area contributed by atoms with Gasteiger partial charge in [-0.25, -0.2) is 19.3 Å². The van der Waals surface area contributed by atoms with Gasteiger partial charge in [0.1, 0.15) is 5.67 Å². The fourth-order valence-electron chi connectivity index (χ4n) is 2.63. The summed E-state index contributed by atoms with van der Waals surface area (Å²) in [7, 11) is 0. The van der Waals surface area contributed by atoms with Crippen molar-refractivity contribution in [3.63, 3.8) is 0 Å². The van der Waals surface area contributed by atoms with Gasteiger partial charge in [0.25, 0.3) is 0 Å². The Labute approximate surface area is 144 Å². The van der Waals surface area contributed by atoms with Gasteiger partial charge in [0.2, 0.25) is 5.78 Å². The van der Waals surface area contributed by atoms with Crippen LogP contribution in [-0.2, 0) is 5.67 Å². The normalized spacial score (nSPS) is 11.8. The maximum absolute atomic E-state index is 14.1. The molecule has 0 aromatic carbocycles. The quantitative estimate of drug-likeness (QED) is 0.567. The predicted octanol–water partition coefficient (Wildman–Crippen LogP) is 4.06. The molecular formula is C19H16FN5. The van der Waals surface area contributed by atoms with Crippen molar-refractivity contribution in [3.05, 3.63) is 66.7 Å². The number of rotatable bonds is 3. The lowest BCUT2D eigenvalue weighted by Gasteiger charge is -2.13. The number of fused-ring (bicyclic) bond motifs is 1. The Balaban J connectivity index is 1.80. The Hall–Kier alpha value is -3.15. The number of aromatic nitrogens is 5. The van der Waals surface area contributed by atoms with Crippen molar-refractivity contribution in [3.8, 4) is 22.8 Å². The van der Waals surface area contributed by atoms with Gasteiger partial charge in [-0.15, -0.1) is 0 Å². The number of halogens is 1. The summed E-state index contributed by atoms with van der Waals surface area (Å²) in [5.74, 6) is 0.447. The second-order valence-corrected chi connectivity index (χ2v) is 6.22. The number of hydrogen-bond donors (Lipinski definition) is 0. The summed E-state index contributed by atoms with van der Waals surface area (Å²) >= 11 is 0. The van der Waals surface area contributed by atoms with Crippen molar-refractivity contribution in [2.45, 2.75) is 19.5 Å². The molecule has 0 amide bonds. The summed E-state index contributed by atoms with van der Waals surface area (Å²) in [5, 5.41) is 0. The first-order chi connectivity index (χ1) is 12.0. The van der Waals surface area contributed by atoms with Crippen LogP contribution in [0.2, 0.25) is 0 Å². The highest BCUT2D eigenvalue weighted by Crippen LogP contribution is 2.25. The van der Waals surface area contributed by atoms with E-state index in [0.29, 0.717) is 11.5 Å². The second kappa shape index (κ2) is 5.73. The maximum atomic E-state index is 14.1. The third-order valence-electron chi connectivity index (χ3n) is 3.93. The van der Waals surface area contributed by atoms with E-state index in [1.54, 1.807) is 29.1 Å². The molecule has 4 rings (SSSR count). The Morgan fingerprint density at radius 3 is 2.44 bits per heavy atom. The predicted molar refractivity (Wildman–Crippen MR) is 93.6 cm³/mol. The molecule has 0 atom stereocenters. The first-order valence-electron chi connectivity index (χ1n) is 7.95. The fourth-order valence-corrected chi connectivity index (χ4v) is 2.63. The number of nitrogens with zero attached hydrogens (tertiary/aromatic N) is 5. The van der Waals surface area contributed by atoms with Crippen molar-refractivity contribution >= 4 is 5.78 Å². The minimum atomic E-state index is -1.51. The van der Waals surface area contributed by atoms with E-state index in [1.165, 1.54) is 13.8 Å². The third-order valence-corrected chi connectivity index (χ3v) is 3.93. The van der Waals surface area contributed by atoms with Crippen molar-refractivity contribution in [1.82, 2.24) is 24.3 Å². The van der Waals surface area contributed by atoms with Gasteiger partial charge >= 0.3 is 0 Å². The minimum absolute atomic E-state index is 0.354. The van der Waals surface area contributed by atoms with Gasteiger partial charge in [-0.3, -0.25) is 9.38 Å². The number of hydrogen-bond acceptors (Lipinski definition) is 4. The van der Waals surface area contributed by atoms with E-state index in [2.05, 4.69) is 19.9 Å². The van der Waals surface area contributed by atoms with Crippen molar-refractivity contribution in [2.24, 2.45) is 0 Å². The standard InChI is InChI=1S/C19H16FN5/c1-19(2,20)17-9-11-25-16(12-22-18(25)24-17)15-8-5-7-14(23-15)13-6-3-4-10-21-13/h3-12H,1-2H3. The smallest absolute Gasteiger partial charge is 0.234 e. The van der Waals surface area contributed by atoms with Gasteiger partial charge in [-0.2, -0.15) is 0 Å². The Morgan fingerprint density at radius 2 is 1.68 bits per heavy atom. The van der Waals surface area contributed by atoms with E-state index in [4.69, 9.17) is 0 Å². The van der Waals surface area contributed by atoms with Gasteiger partial charge in [0, 0.05) is 12.4 Å². The van der Waals surface area contributed by atoms with Crippen LogP contribution in [0, 0.1) is 0 Å². The van der Waals surface area contributed by atoms with Crippen LogP contribution in [0.4, 0.5) is 4.39 Å². The van der Waals surface area contributed by atoms with Crippen LogP contribution in [-0.4, -0.2) is 24.3 Å². The second-order valence-electron chi connectivity index (χ2n) is 6.22. The van der Waals surface area contributed by atoms with Crippen LogP contribution in [0.15, 0.2) is 61.1 Å². The summed E-state index contributed by atoms with van der Waals surface area (Å²) in [4.78, 5) is 17.6. The summed E-state index contributed by atoms with van der Waals surface area (Å²) in [6.45, 7) is 2.96. The van der Waals surface area contributed by atoms with Crippen LogP contribution in [0.25, 0.3) is 28.6 Å². The van der Waals surface area contributed by atoms with Crippen LogP contribution in [0.3, 0.4) is 0 Å². The molecule has 0 unspecified atom stereocenters. The first-order valence-corrected chi connectivity index (χ1v) is 7.95. The molecule has 0 spiro atoms. The lowest BCUT2D eigenvalue weighted by Crippen LogP contribution is -2.12. The van der Waals surface area contributed by atoms with Crippen molar-refractivity contribution < 1.29 is 4.39 Å². The van der Waals surface area contributed by atoms with Crippen molar-refractivity contribution in [1.29, 1.82) is 0 Å². The highest BCUT2D eigenvalue weighted by Gasteiger charge is 2.21. The largest absolute Gasteiger partial charge is 0.282 e. The Kier molecular flexibility index (Phi) is 3.53. The molecular weight excluding hydrogens is 317 g/mol. The van der Waals surface area contributed by atoms with E-state index in [-0.39, 0.29) is 0 Å². The topological polar surface area (TPSA) is 56.0 Å². The molecule has 4 heterocycles. The minimum Gasteiger partial charge on any atom is -0.282 e. The van der Waals surface area contributed by atoms with E-state index in [0.717, 1.165) is 22.8 Å². The Morgan fingerprint density at radius 1 is 0.880 bits per heavy atom. The van der Waals surface area contributed by atoms with Gasteiger partial charge in [0.15, 0.2) is 0 Å². The highest BCUT2D eigenvalue weighted by atomic mass is 19.1. The average molecular weight is 333 g/mol. The molecule has 0 aliphatic heterocycles. The lowest BCUT2D eigenvalue weighted by molar-refractivity contribution is 0.214. The lowest BCUT2D eigenvalue weighted by atomic mass is 10.1. The molecule has 0 saturated heterocycles. The molecule has 4 aromatic rings. The molecule has 0 fully saturated rings. The van der Waals surface area contributed by atoms with E-state index < -0.39 is 5.67 Å². The highest BCUT2D eigenvalue weighted by molar-refractivity contribution is 5.63. The van der Waals surface area contributed by atoms with Crippen LogP contribution >= 0.6 is 0 Å². The molecule has 124 valence electrons. The molecule has 25 heavy (non-hydrogen) atoms. The number of alkyl halides is 1. The van der Waals surface area contributed by atoms with Crippen LogP contribution < -0.4 is 0 Å². The summed E-state index contributed by atoms with van der Waals surface area (Å²) < 4.78 is 15.9. The zero-order valence-electron chi connectivity index (χ0n) is 13.9. The van der Waals surface area contributed by atoms with Crippen LogP contribution in [0.5, 0.6) is 0 Å². The molecule has 0 aliphatic carbocycles. The van der Waals surface area contributed by atoms with Gasteiger partial charge in [-0.1, -0.05) is 12.1 Å². The van der Waals surface area contributed by atoms with E-state index >= 15 is 0 Å². The molecule has 0 aliphatic rings. The number of pyridine rings is 2. The zero-order chi connectivity index (χ0) is 17.4. The summed E-state index contributed by atoms with van der Waals surface area (Å²) in [6.07, 6.45) is 5.21. The average Bonchev–Trinajstić information content (AvgIpc) is 3.05. The molecule has 5 nitrogen and oxygen atoms in total.